The second-order valence-corrected chi connectivity index (χ2v) is 6.29. The molecule has 26 heavy (non-hydrogen) atoms. The fourth-order valence-electron chi connectivity index (χ4n) is 1.93. The van der Waals surface area contributed by atoms with E-state index in [9.17, 15) is 13.6 Å². The van der Waals surface area contributed by atoms with E-state index in [1.165, 1.54) is 30.5 Å². The third kappa shape index (κ3) is 4.60. The third-order valence-corrected chi connectivity index (χ3v) is 4.07. The van der Waals surface area contributed by atoms with Crippen LogP contribution < -0.4 is 10.1 Å². The number of nitrogens with one attached hydrogen (secondary N) is 1. The quantitative estimate of drug-likeness (QED) is 0.618. The molecule has 3 rings (SSSR count). The number of halogens is 2. The lowest BCUT2D eigenvalue weighted by molar-refractivity contribution is -0.115. The van der Waals surface area contributed by atoms with Gasteiger partial charge in [-0.3, -0.25) is 4.79 Å². The number of alkyl halides is 2. The number of amides is 1. The van der Waals surface area contributed by atoms with Crippen LogP contribution in [0, 0.1) is 0 Å². The van der Waals surface area contributed by atoms with E-state index in [1.54, 1.807) is 19.1 Å². The Morgan fingerprint density at radius 1 is 1.23 bits per heavy atom. The van der Waals surface area contributed by atoms with Gasteiger partial charge in [0.05, 0.1) is 11.5 Å². The summed E-state index contributed by atoms with van der Waals surface area (Å²) in [6.07, 6.45) is 1.49. The van der Waals surface area contributed by atoms with Crippen molar-refractivity contribution in [2.45, 2.75) is 24.0 Å². The maximum Gasteiger partial charge on any atom is 0.387 e. The maximum absolute atomic E-state index is 12.2. The van der Waals surface area contributed by atoms with Crippen LogP contribution in [0.2, 0.25) is 0 Å². The number of aromatic nitrogens is 2. The highest BCUT2D eigenvalue weighted by molar-refractivity contribution is 8.00. The lowest BCUT2D eigenvalue weighted by atomic mass is 10.3. The average Bonchev–Trinajstić information content (AvgIpc) is 3.27. The third-order valence-electron chi connectivity index (χ3n) is 3.13. The van der Waals surface area contributed by atoms with E-state index in [0.717, 1.165) is 11.8 Å². The first-order valence-corrected chi connectivity index (χ1v) is 8.29. The SMILES string of the molecule is C[C@H](Sc1nnc(-c2ccco2)o1)C(=O)Nc1ccc(OC(F)F)cc1. The second kappa shape index (κ2) is 8.00. The van der Waals surface area contributed by atoms with Gasteiger partial charge in [0.15, 0.2) is 5.76 Å². The Labute approximate surface area is 150 Å². The van der Waals surface area contributed by atoms with Crippen LogP contribution in [0.1, 0.15) is 6.92 Å². The number of thioether (sulfide) groups is 1. The number of benzene rings is 1. The van der Waals surface area contributed by atoms with E-state index in [0.29, 0.717) is 11.4 Å². The van der Waals surface area contributed by atoms with Gasteiger partial charge in [-0.05, 0) is 43.3 Å². The van der Waals surface area contributed by atoms with Crippen LogP contribution in [0.4, 0.5) is 14.5 Å². The molecule has 1 amide bonds. The van der Waals surface area contributed by atoms with Gasteiger partial charge in [0.25, 0.3) is 11.1 Å². The van der Waals surface area contributed by atoms with E-state index in [-0.39, 0.29) is 22.8 Å². The molecule has 3 aromatic rings. The van der Waals surface area contributed by atoms with E-state index in [1.807, 2.05) is 0 Å². The van der Waals surface area contributed by atoms with Crippen LogP contribution in [0.25, 0.3) is 11.7 Å². The van der Waals surface area contributed by atoms with Crippen molar-refractivity contribution < 1.29 is 27.1 Å². The predicted octanol–water partition coefficient (Wildman–Crippen LogP) is 4.05. The first-order valence-electron chi connectivity index (χ1n) is 7.41. The molecule has 0 aliphatic rings. The predicted molar refractivity (Wildman–Crippen MR) is 89.0 cm³/mol. The molecule has 10 heteroatoms. The van der Waals surface area contributed by atoms with Crippen LogP contribution in [0.15, 0.2) is 56.7 Å². The lowest BCUT2D eigenvalue weighted by Crippen LogP contribution is -2.22. The number of hydrogen-bond donors (Lipinski definition) is 1. The van der Waals surface area contributed by atoms with Gasteiger partial charge in [0.1, 0.15) is 5.75 Å². The molecule has 2 heterocycles. The zero-order valence-corrected chi connectivity index (χ0v) is 14.2. The van der Waals surface area contributed by atoms with Crippen molar-refractivity contribution in [2.75, 3.05) is 5.32 Å². The fourth-order valence-corrected chi connectivity index (χ4v) is 2.61. The summed E-state index contributed by atoms with van der Waals surface area (Å²) in [5.41, 5.74) is 0.450. The fraction of sp³-hybridized carbons (Fsp3) is 0.188. The summed E-state index contributed by atoms with van der Waals surface area (Å²) in [6, 6.07) is 8.99. The van der Waals surface area contributed by atoms with Crippen molar-refractivity contribution in [3.63, 3.8) is 0 Å². The molecule has 1 N–H and O–H groups in total. The Balaban J connectivity index is 1.56. The molecule has 7 nitrogen and oxygen atoms in total. The molecule has 0 radical (unpaired) electrons. The highest BCUT2D eigenvalue weighted by Gasteiger charge is 2.19. The largest absolute Gasteiger partial charge is 0.459 e. The zero-order valence-electron chi connectivity index (χ0n) is 13.4. The summed E-state index contributed by atoms with van der Waals surface area (Å²) in [5.74, 6) is 0.360. The molecule has 0 saturated carbocycles. The van der Waals surface area contributed by atoms with Gasteiger partial charge in [0.2, 0.25) is 5.91 Å². The van der Waals surface area contributed by atoms with Gasteiger partial charge in [-0.1, -0.05) is 11.8 Å². The van der Waals surface area contributed by atoms with Crippen molar-refractivity contribution in [3.8, 4) is 17.4 Å². The maximum atomic E-state index is 12.2. The highest BCUT2D eigenvalue weighted by atomic mass is 32.2. The Hall–Kier alpha value is -2.88. The monoisotopic (exact) mass is 381 g/mol. The number of rotatable bonds is 7. The van der Waals surface area contributed by atoms with Crippen LogP contribution in [0.3, 0.4) is 0 Å². The minimum absolute atomic E-state index is 0.0109. The van der Waals surface area contributed by atoms with Crippen LogP contribution in [-0.2, 0) is 4.79 Å². The number of nitrogens with zero attached hydrogens (tertiary/aromatic N) is 2. The van der Waals surface area contributed by atoms with Crippen molar-refractivity contribution in [3.05, 3.63) is 42.7 Å². The van der Waals surface area contributed by atoms with E-state index in [4.69, 9.17) is 8.83 Å². The molecule has 0 bridgehead atoms. The van der Waals surface area contributed by atoms with Gasteiger partial charge >= 0.3 is 6.61 Å². The van der Waals surface area contributed by atoms with Crippen molar-refractivity contribution in [1.29, 1.82) is 0 Å². The Morgan fingerprint density at radius 2 is 2.00 bits per heavy atom. The number of carbonyl (C=O) groups is 1. The van der Waals surface area contributed by atoms with Crippen molar-refractivity contribution in [2.24, 2.45) is 0 Å². The number of hydrogen-bond acceptors (Lipinski definition) is 7. The average molecular weight is 381 g/mol. The Morgan fingerprint density at radius 3 is 2.65 bits per heavy atom. The number of carbonyl (C=O) groups excluding carboxylic acids is 1. The van der Waals surface area contributed by atoms with E-state index in [2.05, 4.69) is 20.3 Å². The van der Waals surface area contributed by atoms with Gasteiger partial charge in [0, 0.05) is 5.69 Å². The first kappa shape index (κ1) is 17.9. The molecule has 0 unspecified atom stereocenters. The van der Waals surface area contributed by atoms with Gasteiger partial charge in [-0.15, -0.1) is 10.2 Å². The molecule has 0 spiro atoms. The van der Waals surface area contributed by atoms with Crippen LogP contribution >= 0.6 is 11.8 Å². The molecular weight excluding hydrogens is 368 g/mol. The molecule has 0 aliphatic carbocycles. The topological polar surface area (TPSA) is 90.4 Å². The van der Waals surface area contributed by atoms with Crippen molar-refractivity contribution in [1.82, 2.24) is 10.2 Å². The Kier molecular flexibility index (Phi) is 5.52. The summed E-state index contributed by atoms with van der Waals surface area (Å²) >= 11 is 1.08. The van der Waals surface area contributed by atoms with Gasteiger partial charge in [-0.2, -0.15) is 8.78 Å². The summed E-state index contributed by atoms with van der Waals surface area (Å²) in [6.45, 7) is -1.22. The zero-order chi connectivity index (χ0) is 18.5. The summed E-state index contributed by atoms with van der Waals surface area (Å²) in [7, 11) is 0. The Bertz CT molecular complexity index is 853. The van der Waals surface area contributed by atoms with Crippen molar-refractivity contribution >= 4 is 23.4 Å². The molecule has 0 aliphatic heterocycles. The van der Waals surface area contributed by atoms with Gasteiger partial charge < -0.3 is 18.9 Å². The second-order valence-electron chi connectivity index (χ2n) is 5.00. The first-order chi connectivity index (χ1) is 12.5. The molecule has 136 valence electrons. The summed E-state index contributed by atoms with van der Waals surface area (Å²) in [5, 5.41) is 10.1. The van der Waals surface area contributed by atoms with Crippen LogP contribution in [-0.4, -0.2) is 28.0 Å². The smallest absolute Gasteiger partial charge is 0.387 e. The minimum atomic E-state index is -2.90. The molecular formula is C16H13F2N3O4S. The standard InChI is InChI=1S/C16H13F2N3O4S/c1-9(26-16-21-20-14(25-16)12-3-2-8-23-12)13(22)19-10-4-6-11(7-5-10)24-15(17)18/h2-9,15H,1H3,(H,19,22)/t9-/m0/s1. The molecule has 1 atom stereocenters. The van der Waals surface area contributed by atoms with Gasteiger partial charge in [-0.25, -0.2) is 0 Å². The van der Waals surface area contributed by atoms with E-state index >= 15 is 0 Å². The molecule has 0 fully saturated rings. The normalized spacial score (nSPS) is 12.2. The van der Waals surface area contributed by atoms with E-state index < -0.39 is 11.9 Å². The molecule has 0 saturated heterocycles. The minimum Gasteiger partial charge on any atom is -0.459 e. The lowest BCUT2D eigenvalue weighted by Gasteiger charge is -2.10. The van der Waals surface area contributed by atoms with Crippen LogP contribution in [0.5, 0.6) is 5.75 Å². The summed E-state index contributed by atoms with van der Waals surface area (Å²) in [4.78, 5) is 12.2. The number of anilines is 1. The number of ether oxygens (including phenoxy) is 1. The molecule has 1 aromatic carbocycles. The molecule has 2 aromatic heterocycles. The highest BCUT2D eigenvalue weighted by Crippen LogP contribution is 2.27. The number of furan rings is 1. The summed E-state index contributed by atoms with van der Waals surface area (Å²) < 4.78 is 39.1.